The van der Waals surface area contributed by atoms with Crippen LogP contribution in [-0.2, 0) is 9.59 Å². The van der Waals surface area contributed by atoms with Crippen molar-refractivity contribution in [3.63, 3.8) is 0 Å². The molecule has 2 fully saturated rings. The molecule has 106 valence electrons. The van der Waals surface area contributed by atoms with E-state index in [0.29, 0.717) is 32.4 Å². The molecule has 1 aliphatic heterocycles. The first-order valence-corrected chi connectivity index (χ1v) is 6.56. The molecule has 0 radical (unpaired) electrons. The summed E-state index contributed by atoms with van der Waals surface area (Å²) in [6.45, 7) is 0.815. The fourth-order valence-corrected chi connectivity index (χ4v) is 2.86. The molecule has 3 atom stereocenters. The monoisotopic (exact) mass is 269 g/mol. The molecule has 0 aromatic heterocycles. The van der Waals surface area contributed by atoms with Crippen LogP contribution in [-0.4, -0.2) is 47.0 Å². The fourth-order valence-electron chi connectivity index (χ4n) is 2.86. The Bertz CT molecular complexity index is 398. The lowest BCUT2D eigenvalue weighted by Crippen LogP contribution is -2.47. The van der Waals surface area contributed by atoms with E-state index in [9.17, 15) is 14.4 Å². The number of carboxylic acids is 1. The van der Waals surface area contributed by atoms with E-state index in [2.05, 4.69) is 5.32 Å². The highest BCUT2D eigenvalue weighted by molar-refractivity contribution is 5.81. The van der Waals surface area contributed by atoms with E-state index in [-0.39, 0.29) is 23.9 Å². The van der Waals surface area contributed by atoms with Gasteiger partial charge in [0.1, 0.15) is 0 Å². The summed E-state index contributed by atoms with van der Waals surface area (Å²) in [7, 11) is 0. The van der Waals surface area contributed by atoms with Crippen LogP contribution in [0.25, 0.3) is 0 Å². The van der Waals surface area contributed by atoms with Crippen LogP contribution >= 0.6 is 0 Å². The van der Waals surface area contributed by atoms with Gasteiger partial charge in [-0.05, 0) is 19.3 Å². The second-order valence-electron chi connectivity index (χ2n) is 5.27. The Kier molecular flexibility index (Phi) is 3.92. The van der Waals surface area contributed by atoms with Crippen LogP contribution in [0.1, 0.15) is 25.7 Å². The lowest BCUT2D eigenvalue weighted by atomic mass is 10.0. The Balaban J connectivity index is 1.88. The van der Waals surface area contributed by atoms with Gasteiger partial charge < -0.3 is 21.1 Å². The summed E-state index contributed by atoms with van der Waals surface area (Å²) in [5.74, 6) is -2.04. The highest BCUT2D eigenvalue weighted by Crippen LogP contribution is 2.26. The van der Waals surface area contributed by atoms with Crippen molar-refractivity contribution in [3.05, 3.63) is 0 Å². The second-order valence-corrected chi connectivity index (χ2v) is 5.27. The van der Waals surface area contributed by atoms with Gasteiger partial charge in [0, 0.05) is 19.1 Å². The molecule has 1 heterocycles. The number of hydrogen-bond acceptors (Lipinski definition) is 3. The summed E-state index contributed by atoms with van der Waals surface area (Å²) in [4.78, 5) is 35.6. The zero-order valence-corrected chi connectivity index (χ0v) is 10.7. The van der Waals surface area contributed by atoms with Crippen LogP contribution < -0.4 is 11.1 Å². The highest BCUT2D eigenvalue weighted by Gasteiger charge is 2.36. The minimum absolute atomic E-state index is 0.287. The zero-order valence-electron chi connectivity index (χ0n) is 10.7. The van der Waals surface area contributed by atoms with E-state index in [0.717, 1.165) is 6.42 Å². The van der Waals surface area contributed by atoms with Gasteiger partial charge >= 0.3 is 12.0 Å². The minimum atomic E-state index is -0.862. The van der Waals surface area contributed by atoms with E-state index in [1.54, 1.807) is 0 Å². The Morgan fingerprint density at radius 3 is 2.53 bits per heavy atom. The number of carbonyl (C=O) groups excluding carboxylic acids is 2. The van der Waals surface area contributed by atoms with Gasteiger partial charge in [0.2, 0.25) is 5.91 Å². The third-order valence-corrected chi connectivity index (χ3v) is 4.02. The molecule has 0 bridgehead atoms. The third kappa shape index (κ3) is 2.97. The maximum atomic E-state index is 12.0. The first kappa shape index (κ1) is 13.6. The maximum absolute atomic E-state index is 12.0. The first-order chi connectivity index (χ1) is 8.99. The quantitative estimate of drug-likeness (QED) is 0.656. The number of aliphatic carboxylic acids is 1. The van der Waals surface area contributed by atoms with Gasteiger partial charge in [0.15, 0.2) is 0 Å². The molecule has 2 aliphatic rings. The standard InChI is InChI=1S/C12H19N3O4/c13-10(16)7-4-5-15(6-7)12(19)14-9-3-1-2-8(9)11(17)18/h7-9H,1-6H2,(H2,13,16)(H,14,19)(H,17,18). The molecule has 7 heteroatoms. The molecular formula is C12H19N3O4. The molecule has 3 amide bonds. The summed E-state index contributed by atoms with van der Waals surface area (Å²) in [6, 6.07) is -0.598. The molecule has 2 rings (SSSR count). The lowest BCUT2D eigenvalue weighted by molar-refractivity contribution is -0.142. The Morgan fingerprint density at radius 1 is 1.21 bits per heavy atom. The van der Waals surface area contributed by atoms with Crippen molar-refractivity contribution in [2.45, 2.75) is 31.7 Å². The minimum Gasteiger partial charge on any atom is -0.481 e. The Morgan fingerprint density at radius 2 is 1.95 bits per heavy atom. The van der Waals surface area contributed by atoms with E-state index in [1.807, 2.05) is 0 Å². The van der Waals surface area contributed by atoms with Gasteiger partial charge in [-0.25, -0.2) is 4.79 Å². The SMILES string of the molecule is NC(=O)C1CCN(C(=O)NC2CCCC2C(=O)O)C1. The average molecular weight is 269 g/mol. The lowest BCUT2D eigenvalue weighted by Gasteiger charge is -2.22. The molecule has 0 aromatic carbocycles. The van der Waals surface area contributed by atoms with Crippen molar-refractivity contribution < 1.29 is 19.5 Å². The maximum Gasteiger partial charge on any atom is 0.317 e. The van der Waals surface area contributed by atoms with Gasteiger partial charge in [0.05, 0.1) is 11.8 Å². The predicted octanol–water partition coefficient (Wildman–Crippen LogP) is -0.243. The second kappa shape index (κ2) is 5.46. The van der Waals surface area contributed by atoms with Crippen LogP contribution in [0.3, 0.4) is 0 Å². The Labute approximate surface area is 111 Å². The van der Waals surface area contributed by atoms with Gasteiger partial charge in [-0.1, -0.05) is 6.42 Å². The van der Waals surface area contributed by atoms with Crippen molar-refractivity contribution in [2.24, 2.45) is 17.6 Å². The molecule has 0 aromatic rings. The van der Waals surface area contributed by atoms with E-state index in [4.69, 9.17) is 10.8 Å². The van der Waals surface area contributed by atoms with Crippen LogP contribution in [0.5, 0.6) is 0 Å². The molecule has 1 saturated carbocycles. The third-order valence-electron chi connectivity index (χ3n) is 4.02. The van der Waals surface area contributed by atoms with Crippen LogP contribution in [0.15, 0.2) is 0 Å². The molecule has 4 N–H and O–H groups in total. The number of primary amides is 1. The summed E-state index contributed by atoms with van der Waals surface area (Å²) in [5.41, 5.74) is 5.21. The smallest absolute Gasteiger partial charge is 0.317 e. The number of hydrogen-bond donors (Lipinski definition) is 3. The van der Waals surface area contributed by atoms with Gasteiger partial charge in [0.25, 0.3) is 0 Å². The number of nitrogens with one attached hydrogen (secondary N) is 1. The molecule has 19 heavy (non-hydrogen) atoms. The van der Waals surface area contributed by atoms with E-state index >= 15 is 0 Å². The van der Waals surface area contributed by atoms with Crippen LogP contribution in [0.4, 0.5) is 4.79 Å². The number of likely N-dealkylation sites (tertiary alicyclic amines) is 1. The number of carboxylic acid groups (broad SMARTS) is 1. The van der Waals surface area contributed by atoms with Crippen molar-refractivity contribution in [1.82, 2.24) is 10.2 Å². The van der Waals surface area contributed by atoms with Gasteiger partial charge in [-0.15, -0.1) is 0 Å². The summed E-state index contributed by atoms with van der Waals surface area (Å²) < 4.78 is 0. The topological polar surface area (TPSA) is 113 Å². The number of nitrogens with zero attached hydrogens (tertiary/aromatic N) is 1. The average Bonchev–Trinajstić information content (AvgIpc) is 2.96. The normalized spacial score (nSPS) is 30.3. The van der Waals surface area contributed by atoms with Gasteiger partial charge in [-0.3, -0.25) is 9.59 Å². The fraction of sp³-hybridized carbons (Fsp3) is 0.750. The molecule has 0 spiro atoms. The van der Waals surface area contributed by atoms with Gasteiger partial charge in [-0.2, -0.15) is 0 Å². The Hall–Kier alpha value is -1.79. The number of carbonyl (C=O) groups is 3. The molecule has 7 nitrogen and oxygen atoms in total. The highest BCUT2D eigenvalue weighted by atomic mass is 16.4. The van der Waals surface area contributed by atoms with Crippen LogP contribution in [0, 0.1) is 11.8 Å². The number of rotatable bonds is 3. The molecule has 1 aliphatic carbocycles. The van der Waals surface area contributed by atoms with Crippen molar-refractivity contribution in [1.29, 1.82) is 0 Å². The predicted molar refractivity (Wildman–Crippen MR) is 66.2 cm³/mol. The zero-order chi connectivity index (χ0) is 14.0. The largest absolute Gasteiger partial charge is 0.481 e. The van der Waals surface area contributed by atoms with Crippen molar-refractivity contribution in [2.75, 3.05) is 13.1 Å². The van der Waals surface area contributed by atoms with E-state index in [1.165, 1.54) is 4.90 Å². The molecule has 3 unspecified atom stereocenters. The van der Waals surface area contributed by atoms with Crippen molar-refractivity contribution >= 4 is 17.9 Å². The number of nitrogens with two attached hydrogens (primary N) is 1. The number of amides is 3. The van der Waals surface area contributed by atoms with E-state index < -0.39 is 11.9 Å². The van der Waals surface area contributed by atoms with Crippen molar-refractivity contribution in [3.8, 4) is 0 Å². The first-order valence-electron chi connectivity index (χ1n) is 6.56. The number of urea groups is 1. The molecule has 1 saturated heterocycles. The molecular weight excluding hydrogens is 250 g/mol. The summed E-state index contributed by atoms with van der Waals surface area (Å²) in [6.07, 6.45) is 2.68. The summed E-state index contributed by atoms with van der Waals surface area (Å²) >= 11 is 0. The van der Waals surface area contributed by atoms with Crippen LogP contribution in [0.2, 0.25) is 0 Å². The summed E-state index contributed by atoms with van der Waals surface area (Å²) in [5, 5.41) is 11.8.